The van der Waals surface area contributed by atoms with Crippen molar-refractivity contribution < 1.29 is 13.9 Å². The molecule has 0 radical (unpaired) electrons. The van der Waals surface area contributed by atoms with Gasteiger partial charge in [0.15, 0.2) is 5.78 Å². The van der Waals surface area contributed by atoms with Gasteiger partial charge in [0.25, 0.3) is 0 Å². The van der Waals surface area contributed by atoms with E-state index in [-0.39, 0.29) is 5.56 Å². The molecule has 0 bridgehead atoms. The molecule has 0 heterocycles. The molecular weight excluding hydrogens is 313 g/mol. The molecule has 2 rings (SSSR count). The normalized spacial score (nSPS) is 10.3. The summed E-state index contributed by atoms with van der Waals surface area (Å²) >= 11 is 3.25. The minimum Gasteiger partial charge on any atom is -0.497 e. The molecule has 0 unspecified atom stereocenters. The summed E-state index contributed by atoms with van der Waals surface area (Å²) in [6, 6.07) is 8.89. The molecule has 2 aromatic rings. The number of carbonyl (C=O) groups is 1. The summed E-state index contributed by atoms with van der Waals surface area (Å²) in [4.78, 5) is 12.2. The number of methoxy groups -OCH3 is 1. The third-order valence-corrected chi connectivity index (χ3v) is 3.31. The number of carbonyl (C=O) groups excluding carboxylic acids is 1. The molecule has 98 valence electrons. The predicted molar refractivity (Wildman–Crippen MR) is 74.9 cm³/mol. The van der Waals surface area contributed by atoms with Crippen LogP contribution < -0.4 is 10.5 Å². The Kier molecular flexibility index (Phi) is 3.85. The van der Waals surface area contributed by atoms with Gasteiger partial charge in [0, 0.05) is 21.8 Å². The van der Waals surface area contributed by atoms with Crippen molar-refractivity contribution in [1.29, 1.82) is 0 Å². The molecule has 0 aliphatic rings. The van der Waals surface area contributed by atoms with Gasteiger partial charge in [-0.15, -0.1) is 0 Å². The van der Waals surface area contributed by atoms with Gasteiger partial charge in [-0.25, -0.2) is 4.39 Å². The highest BCUT2D eigenvalue weighted by Gasteiger charge is 2.17. The Morgan fingerprint density at radius 2 is 1.89 bits per heavy atom. The summed E-state index contributed by atoms with van der Waals surface area (Å²) in [7, 11) is 1.44. The van der Waals surface area contributed by atoms with Crippen LogP contribution in [0.4, 0.5) is 10.1 Å². The monoisotopic (exact) mass is 323 g/mol. The number of anilines is 1. The second kappa shape index (κ2) is 5.40. The number of rotatable bonds is 3. The van der Waals surface area contributed by atoms with Crippen molar-refractivity contribution in [1.82, 2.24) is 0 Å². The summed E-state index contributed by atoms with van der Waals surface area (Å²) in [5, 5.41) is 0. The zero-order valence-corrected chi connectivity index (χ0v) is 11.7. The van der Waals surface area contributed by atoms with Gasteiger partial charge in [-0.1, -0.05) is 0 Å². The first-order chi connectivity index (χ1) is 9.02. The van der Waals surface area contributed by atoms with E-state index in [2.05, 4.69) is 15.9 Å². The lowest BCUT2D eigenvalue weighted by atomic mass is 10.0. The molecule has 0 spiro atoms. The SMILES string of the molecule is COc1ccc(C(=O)c2ccc(N)cc2Br)c(F)c1. The number of hydrogen-bond acceptors (Lipinski definition) is 3. The van der Waals surface area contributed by atoms with Gasteiger partial charge >= 0.3 is 0 Å². The smallest absolute Gasteiger partial charge is 0.197 e. The number of ether oxygens (including phenoxy) is 1. The number of nitrogens with two attached hydrogens (primary N) is 1. The molecule has 0 atom stereocenters. The Labute approximate surface area is 118 Å². The van der Waals surface area contributed by atoms with Crippen LogP contribution in [-0.4, -0.2) is 12.9 Å². The van der Waals surface area contributed by atoms with E-state index in [1.165, 1.54) is 19.2 Å². The van der Waals surface area contributed by atoms with Crippen LogP contribution in [0.1, 0.15) is 15.9 Å². The molecule has 0 fully saturated rings. The molecule has 19 heavy (non-hydrogen) atoms. The van der Waals surface area contributed by atoms with Crippen LogP contribution >= 0.6 is 15.9 Å². The van der Waals surface area contributed by atoms with E-state index >= 15 is 0 Å². The largest absolute Gasteiger partial charge is 0.497 e. The van der Waals surface area contributed by atoms with Crippen LogP contribution in [0.3, 0.4) is 0 Å². The zero-order chi connectivity index (χ0) is 14.0. The first-order valence-corrected chi connectivity index (χ1v) is 6.25. The minimum absolute atomic E-state index is 0.00808. The number of halogens is 2. The van der Waals surface area contributed by atoms with Crippen molar-refractivity contribution in [3.63, 3.8) is 0 Å². The lowest BCUT2D eigenvalue weighted by Gasteiger charge is -2.07. The van der Waals surface area contributed by atoms with Gasteiger partial charge in [0.05, 0.1) is 12.7 Å². The summed E-state index contributed by atoms with van der Waals surface area (Å²) in [6.45, 7) is 0. The maximum Gasteiger partial charge on any atom is 0.197 e. The lowest BCUT2D eigenvalue weighted by Crippen LogP contribution is -2.06. The quantitative estimate of drug-likeness (QED) is 0.695. The molecular formula is C14H11BrFNO2. The first-order valence-electron chi connectivity index (χ1n) is 5.46. The second-order valence-electron chi connectivity index (χ2n) is 3.91. The summed E-state index contributed by atoms with van der Waals surface area (Å²) in [5.41, 5.74) is 6.48. The summed E-state index contributed by atoms with van der Waals surface area (Å²) < 4.78 is 19.3. The first kappa shape index (κ1) is 13.5. The Hall–Kier alpha value is -1.88. The molecule has 0 amide bonds. The third kappa shape index (κ3) is 2.76. The Bertz CT molecular complexity index is 643. The molecule has 0 saturated heterocycles. The Morgan fingerprint density at radius 1 is 1.21 bits per heavy atom. The average Bonchev–Trinajstić information content (AvgIpc) is 2.37. The number of hydrogen-bond donors (Lipinski definition) is 1. The van der Waals surface area contributed by atoms with Gasteiger partial charge in [0.2, 0.25) is 0 Å². The molecule has 2 aromatic carbocycles. The number of nitrogen functional groups attached to an aromatic ring is 1. The van der Waals surface area contributed by atoms with Crippen molar-refractivity contribution in [2.75, 3.05) is 12.8 Å². The summed E-state index contributed by atoms with van der Waals surface area (Å²) in [5.74, 6) is -0.662. The topological polar surface area (TPSA) is 52.3 Å². The van der Waals surface area contributed by atoms with E-state index in [1.54, 1.807) is 24.3 Å². The van der Waals surface area contributed by atoms with Crippen molar-refractivity contribution in [2.24, 2.45) is 0 Å². The van der Waals surface area contributed by atoms with E-state index in [0.717, 1.165) is 0 Å². The molecule has 0 saturated carbocycles. The molecule has 0 aliphatic carbocycles. The fourth-order valence-corrected chi connectivity index (χ4v) is 2.24. The Morgan fingerprint density at radius 3 is 2.47 bits per heavy atom. The van der Waals surface area contributed by atoms with E-state index in [4.69, 9.17) is 10.5 Å². The predicted octanol–water partition coefficient (Wildman–Crippen LogP) is 3.41. The van der Waals surface area contributed by atoms with Crippen LogP contribution in [0, 0.1) is 5.82 Å². The van der Waals surface area contributed by atoms with Gasteiger partial charge in [-0.3, -0.25) is 4.79 Å². The van der Waals surface area contributed by atoms with E-state index in [1.807, 2.05) is 0 Å². The maximum absolute atomic E-state index is 13.8. The van der Waals surface area contributed by atoms with Gasteiger partial charge in [-0.05, 0) is 46.3 Å². The summed E-state index contributed by atoms with van der Waals surface area (Å²) in [6.07, 6.45) is 0. The van der Waals surface area contributed by atoms with Crippen LogP contribution in [0.25, 0.3) is 0 Å². The van der Waals surface area contributed by atoms with Crippen molar-refractivity contribution in [3.05, 3.63) is 57.8 Å². The number of benzene rings is 2. The highest BCUT2D eigenvalue weighted by atomic mass is 79.9. The maximum atomic E-state index is 13.8. The molecule has 0 aromatic heterocycles. The lowest BCUT2D eigenvalue weighted by molar-refractivity contribution is 0.103. The van der Waals surface area contributed by atoms with Crippen molar-refractivity contribution in [3.8, 4) is 5.75 Å². The van der Waals surface area contributed by atoms with E-state index in [9.17, 15) is 9.18 Å². The fraction of sp³-hybridized carbons (Fsp3) is 0.0714. The van der Waals surface area contributed by atoms with Crippen LogP contribution in [0.2, 0.25) is 0 Å². The van der Waals surface area contributed by atoms with E-state index in [0.29, 0.717) is 21.5 Å². The molecule has 2 N–H and O–H groups in total. The third-order valence-electron chi connectivity index (χ3n) is 2.66. The van der Waals surface area contributed by atoms with Gasteiger partial charge in [0.1, 0.15) is 11.6 Å². The highest BCUT2D eigenvalue weighted by molar-refractivity contribution is 9.10. The van der Waals surface area contributed by atoms with Crippen LogP contribution in [0.15, 0.2) is 40.9 Å². The second-order valence-corrected chi connectivity index (χ2v) is 4.77. The van der Waals surface area contributed by atoms with Crippen molar-refractivity contribution in [2.45, 2.75) is 0 Å². The van der Waals surface area contributed by atoms with Gasteiger partial charge in [-0.2, -0.15) is 0 Å². The Balaban J connectivity index is 2.44. The van der Waals surface area contributed by atoms with Crippen LogP contribution in [-0.2, 0) is 0 Å². The fourth-order valence-electron chi connectivity index (χ4n) is 1.67. The van der Waals surface area contributed by atoms with Crippen LogP contribution in [0.5, 0.6) is 5.75 Å². The average molecular weight is 324 g/mol. The number of ketones is 1. The van der Waals surface area contributed by atoms with E-state index < -0.39 is 11.6 Å². The minimum atomic E-state index is -0.618. The zero-order valence-electron chi connectivity index (χ0n) is 10.1. The molecule has 3 nitrogen and oxygen atoms in total. The van der Waals surface area contributed by atoms with Crippen molar-refractivity contribution >= 4 is 27.4 Å². The molecule has 0 aliphatic heterocycles. The highest BCUT2D eigenvalue weighted by Crippen LogP contribution is 2.25. The standard InChI is InChI=1S/C14H11BrFNO2/c1-19-9-3-5-11(13(16)7-9)14(18)10-4-2-8(17)6-12(10)15/h2-7H,17H2,1H3. The van der Waals surface area contributed by atoms with Gasteiger partial charge < -0.3 is 10.5 Å². The molecule has 5 heteroatoms.